The Kier molecular flexibility index (Phi) is 4.33. The molecule has 1 aliphatic rings. The zero-order chi connectivity index (χ0) is 19.7. The Morgan fingerprint density at radius 1 is 0.821 bits per heavy atom. The van der Waals surface area contributed by atoms with Crippen LogP contribution >= 0.6 is 0 Å². The molecule has 0 unspecified atom stereocenters. The molecule has 138 valence electrons. The van der Waals surface area contributed by atoms with Crippen LogP contribution in [0.3, 0.4) is 0 Å². The minimum Gasteiger partial charge on any atom is -0.457 e. The smallest absolute Gasteiger partial charge is 0.273 e. The number of nitrogens with zero attached hydrogens (tertiary/aromatic N) is 2. The molecule has 1 heterocycles. The van der Waals surface area contributed by atoms with E-state index in [-0.39, 0.29) is 29.5 Å². The Morgan fingerprint density at radius 3 is 2.29 bits per heavy atom. The Morgan fingerprint density at radius 2 is 1.54 bits per heavy atom. The van der Waals surface area contributed by atoms with Crippen LogP contribution in [0.2, 0.25) is 0 Å². The highest BCUT2D eigenvalue weighted by molar-refractivity contribution is 6.21. The van der Waals surface area contributed by atoms with Crippen molar-refractivity contribution in [3.8, 4) is 11.5 Å². The molecule has 7 heteroatoms. The van der Waals surface area contributed by atoms with Gasteiger partial charge in [-0.2, -0.15) is 0 Å². The number of non-ortho nitro benzene ring substituents is 1. The lowest BCUT2D eigenvalue weighted by molar-refractivity contribution is -0.384. The van der Waals surface area contributed by atoms with E-state index >= 15 is 0 Å². The summed E-state index contributed by atoms with van der Waals surface area (Å²) in [6.45, 7) is 0.189. The van der Waals surface area contributed by atoms with Crippen molar-refractivity contribution in [2.75, 3.05) is 0 Å². The fraction of sp³-hybridized carbons (Fsp3) is 0.0476. The maximum absolute atomic E-state index is 12.7. The maximum Gasteiger partial charge on any atom is 0.273 e. The van der Waals surface area contributed by atoms with Gasteiger partial charge in [-0.05, 0) is 29.8 Å². The number of hydrogen-bond donors (Lipinski definition) is 0. The molecule has 0 saturated carbocycles. The third kappa shape index (κ3) is 3.21. The third-order valence-corrected chi connectivity index (χ3v) is 4.39. The zero-order valence-electron chi connectivity index (χ0n) is 14.6. The summed E-state index contributed by atoms with van der Waals surface area (Å²) in [6, 6.07) is 19.6. The molecule has 0 atom stereocenters. The van der Waals surface area contributed by atoms with E-state index in [0.29, 0.717) is 11.3 Å². The maximum atomic E-state index is 12.7. The van der Waals surface area contributed by atoms with Crippen molar-refractivity contribution in [1.82, 2.24) is 4.90 Å². The minimum absolute atomic E-state index is 0.0982. The highest BCUT2D eigenvalue weighted by atomic mass is 16.6. The van der Waals surface area contributed by atoms with Crippen LogP contribution in [-0.4, -0.2) is 21.6 Å². The van der Waals surface area contributed by atoms with Crippen molar-refractivity contribution in [2.24, 2.45) is 0 Å². The van der Waals surface area contributed by atoms with Crippen LogP contribution in [0.25, 0.3) is 0 Å². The minimum atomic E-state index is -0.515. The van der Waals surface area contributed by atoms with Crippen LogP contribution in [0.15, 0.2) is 72.8 Å². The molecule has 0 spiro atoms. The van der Waals surface area contributed by atoms with E-state index < -0.39 is 10.8 Å². The average Bonchev–Trinajstić information content (AvgIpc) is 2.93. The molecule has 0 bridgehead atoms. The monoisotopic (exact) mass is 374 g/mol. The molecule has 0 N–H and O–H groups in total. The van der Waals surface area contributed by atoms with Gasteiger partial charge in [0.25, 0.3) is 17.5 Å². The van der Waals surface area contributed by atoms with Gasteiger partial charge in [-0.3, -0.25) is 24.6 Å². The summed E-state index contributed by atoms with van der Waals surface area (Å²) in [4.78, 5) is 36.9. The van der Waals surface area contributed by atoms with Crippen molar-refractivity contribution in [3.63, 3.8) is 0 Å². The molecular weight excluding hydrogens is 360 g/mol. The number of nitro groups is 1. The number of ether oxygens (including phenoxy) is 1. The summed E-state index contributed by atoms with van der Waals surface area (Å²) >= 11 is 0. The van der Waals surface area contributed by atoms with Crippen LogP contribution in [0.1, 0.15) is 26.3 Å². The van der Waals surface area contributed by atoms with E-state index in [4.69, 9.17) is 4.74 Å². The van der Waals surface area contributed by atoms with Crippen LogP contribution in [0.4, 0.5) is 5.69 Å². The summed E-state index contributed by atoms with van der Waals surface area (Å²) < 4.78 is 5.65. The quantitative estimate of drug-likeness (QED) is 0.380. The highest BCUT2D eigenvalue weighted by Gasteiger charge is 2.35. The number of amides is 2. The number of imide groups is 1. The van der Waals surface area contributed by atoms with Crippen LogP contribution < -0.4 is 4.74 Å². The summed E-state index contributed by atoms with van der Waals surface area (Å²) in [6.07, 6.45) is 0. The van der Waals surface area contributed by atoms with Gasteiger partial charge in [0.1, 0.15) is 11.5 Å². The first-order valence-electron chi connectivity index (χ1n) is 8.49. The first kappa shape index (κ1) is 17.4. The van der Waals surface area contributed by atoms with Crippen molar-refractivity contribution < 1.29 is 19.2 Å². The largest absolute Gasteiger partial charge is 0.457 e. The summed E-state index contributed by atoms with van der Waals surface area (Å²) in [5, 5.41) is 10.9. The van der Waals surface area contributed by atoms with E-state index in [9.17, 15) is 19.7 Å². The fourth-order valence-corrected chi connectivity index (χ4v) is 3.04. The van der Waals surface area contributed by atoms with E-state index in [1.54, 1.807) is 12.1 Å². The van der Waals surface area contributed by atoms with Gasteiger partial charge in [-0.25, -0.2) is 0 Å². The van der Waals surface area contributed by atoms with E-state index in [1.165, 1.54) is 35.2 Å². The molecule has 3 aromatic carbocycles. The summed E-state index contributed by atoms with van der Waals surface area (Å²) in [5.41, 5.74) is 1.32. The number of fused-ring (bicyclic) bond motifs is 1. The molecule has 0 saturated heterocycles. The summed E-state index contributed by atoms with van der Waals surface area (Å²) in [5.74, 6) is -0.159. The normalized spacial score (nSPS) is 12.8. The van der Waals surface area contributed by atoms with Crippen molar-refractivity contribution in [2.45, 2.75) is 6.54 Å². The Bertz CT molecular complexity index is 1090. The molecule has 7 nitrogen and oxygen atoms in total. The standard InChI is InChI=1S/C21H14N2O5/c24-20-18-10-9-17(28-16-8-4-7-15(11-16)23(26)27)12-19(18)21(25)22(20)13-14-5-2-1-3-6-14/h1-12H,13H2. The van der Waals surface area contributed by atoms with Gasteiger partial charge in [0, 0.05) is 6.07 Å². The predicted molar refractivity (Wildman–Crippen MR) is 100 cm³/mol. The van der Waals surface area contributed by atoms with Crippen LogP contribution in [-0.2, 0) is 6.54 Å². The lowest BCUT2D eigenvalue weighted by Gasteiger charge is -2.13. The molecule has 3 aromatic rings. The molecule has 2 amide bonds. The lowest BCUT2D eigenvalue weighted by Crippen LogP contribution is -2.29. The second-order valence-electron chi connectivity index (χ2n) is 6.25. The van der Waals surface area contributed by atoms with Crippen LogP contribution in [0, 0.1) is 10.1 Å². The molecular formula is C21H14N2O5. The SMILES string of the molecule is O=C1c2ccc(Oc3cccc([N+](=O)[O-])c3)cc2C(=O)N1Cc1ccccc1. The molecule has 28 heavy (non-hydrogen) atoms. The Balaban J connectivity index is 1.58. The number of hydrogen-bond acceptors (Lipinski definition) is 5. The van der Waals surface area contributed by atoms with E-state index in [2.05, 4.69) is 0 Å². The molecule has 0 aromatic heterocycles. The topological polar surface area (TPSA) is 89.7 Å². The number of nitro benzene ring substituents is 1. The van der Waals surface area contributed by atoms with E-state index in [0.717, 1.165) is 5.56 Å². The van der Waals surface area contributed by atoms with Crippen molar-refractivity contribution in [3.05, 3.63) is 99.6 Å². The Hall–Kier alpha value is -4.00. The van der Waals surface area contributed by atoms with Gasteiger partial charge < -0.3 is 4.74 Å². The summed E-state index contributed by atoms with van der Waals surface area (Å²) in [7, 11) is 0. The lowest BCUT2D eigenvalue weighted by atomic mass is 10.1. The van der Waals surface area contributed by atoms with Gasteiger partial charge in [-0.15, -0.1) is 0 Å². The highest BCUT2D eigenvalue weighted by Crippen LogP contribution is 2.31. The predicted octanol–water partition coefficient (Wildman–Crippen LogP) is 4.18. The number of benzene rings is 3. The number of carbonyl (C=O) groups is 2. The van der Waals surface area contributed by atoms with Gasteiger partial charge >= 0.3 is 0 Å². The first-order valence-corrected chi connectivity index (χ1v) is 8.49. The molecule has 1 aliphatic heterocycles. The third-order valence-electron chi connectivity index (χ3n) is 4.39. The molecule has 4 rings (SSSR count). The Labute approximate surface area is 159 Å². The number of rotatable bonds is 5. The second-order valence-corrected chi connectivity index (χ2v) is 6.25. The van der Waals surface area contributed by atoms with Gasteiger partial charge in [0.05, 0.1) is 28.7 Å². The second kappa shape index (κ2) is 6.96. The van der Waals surface area contributed by atoms with Gasteiger partial charge in [0.15, 0.2) is 0 Å². The molecule has 0 aliphatic carbocycles. The fourth-order valence-electron chi connectivity index (χ4n) is 3.04. The van der Waals surface area contributed by atoms with Gasteiger partial charge in [0.2, 0.25) is 0 Å². The molecule has 0 radical (unpaired) electrons. The zero-order valence-corrected chi connectivity index (χ0v) is 14.6. The average molecular weight is 374 g/mol. The van der Waals surface area contributed by atoms with E-state index in [1.807, 2.05) is 30.3 Å². The van der Waals surface area contributed by atoms with Crippen LogP contribution in [0.5, 0.6) is 11.5 Å². The molecule has 0 fully saturated rings. The van der Waals surface area contributed by atoms with Crippen molar-refractivity contribution >= 4 is 17.5 Å². The van der Waals surface area contributed by atoms with Crippen molar-refractivity contribution in [1.29, 1.82) is 0 Å². The first-order chi connectivity index (χ1) is 13.5. The number of carbonyl (C=O) groups excluding carboxylic acids is 2. The van der Waals surface area contributed by atoms with Gasteiger partial charge in [-0.1, -0.05) is 36.4 Å².